The Morgan fingerprint density at radius 2 is 2.33 bits per heavy atom. The Hall–Kier alpha value is -0.840. The van der Waals surface area contributed by atoms with Crippen molar-refractivity contribution in [2.45, 2.75) is 6.92 Å². The first-order valence-electron chi connectivity index (χ1n) is 3.56. The van der Waals surface area contributed by atoms with E-state index in [1.807, 2.05) is 0 Å². The summed E-state index contributed by atoms with van der Waals surface area (Å²) in [5.74, 6) is 0.389. The molecule has 0 rings (SSSR count). The van der Waals surface area contributed by atoms with E-state index in [-0.39, 0.29) is 0 Å². The number of nitrogens with zero attached hydrogens (tertiary/aromatic N) is 3. The van der Waals surface area contributed by atoms with Gasteiger partial charge in [0, 0.05) is 12.9 Å². The van der Waals surface area contributed by atoms with Crippen molar-refractivity contribution >= 4 is 17.7 Å². The fourth-order valence-corrected chi connectivity index (χ4v) is 0.506. The highest BCUT2D eigenvalue weighted by Gasteiger charge is 2.06. The van der Waals surface area contributed by atoms with Crippen molar-refractivity contribution in [3.63, 3.8) is 0 Å². The van der Waals surface area contributed by atoms with Gasteiger partial charge in [-0.25, -0.2) is 4.79 Å². The first-order valence-corrected chi connectivity index (χ1v) is 4.09. The molecule has 1 amide bonds. The number of amides is 1. The molecule has 0 saturated carbocycles. The van der Waals surface area contributed by atoms with E-state index in [0.717, 1.165) is 5.01 Å². The first kappa shape index (κ1) is 11.2. The van der Waals surface area contributed by atoms with Crippen LogP contribution in [0.5, 0.6) is 0 Å². The molecular weight excluding hydrogens is 182 g/mol. The van der Waals surface area contributed by atoms with Crippen molar-refractivity contribution < 1.29 is 9.53 Å². The largest absolute Gasteiger partial charge is 0.448 e. The second-order valence-electron chi connectivity index (χ2n) is 1.87. The van der Waals surface area contributed by atoms with Crippen LogP contribution in [0.15, 0.2) is 10.3 Å². The number of carbonyl (C=O) groups excluding carboxylic acids is 1. The number of ether oxygens (including phenoxy) is 1. The van der Waals surface area contributed by atoms with E-state index in [2.05, 4.69) is 15.1 Å². The lowest BCUT2D eigenvalue weighted by molar-refractivity contribution is 0.114. The smallest absolute Gasteiger partial charge is 0.431 e. The third-order valence-corrected chi connectivity index (χ3v) is 1.08. The summed E-state index contributed by atoms with van der Waals surface area (Å²) < 4.78 is 4.63. The lowest BCUT2D eigenvalue weighted by Gasteiger charge is -2.07. The third kappa shape index (κ3) is 4.90. The van der Waals surface area contributed by atoms with Gasteiger partial charge in [0.05, 0.1) is 13.2 Å². The summed E-state index contributed by atoms with van der Waals surface area (Å²) in [6, 6.07) is 0. The summed E-state index contributed by atoms with van der Waals surface area (Å²) in [5.41, 5.74) is 0. The Balaban J connectivity index is 3.69. The lowest BCUT2D eigenvalue weighted by Crippen LogP contribution is -2.21. The van der Waals surface area contributed by atoms with Gasteiger partial charge in [0.15, 0.2) is 0 Å². The standard InChI is InChI=1S/C6H12ClN3O2/c1-3-12-6(11)10(2)9-8-5-4-7/h3-5H2,1-2H3. The number of halogens is 1. The number of alkyl halides is 1. The molecule has 0 heterocycles. The summed E-state index contributed by atoms with van der Waals surface area (Å²) in [4.78, 5) is 10.9. The normalized spacial score (nSPS) is 10.2. The highest BCUT2D eigenvalue weighted by molar-refractivity contribution is 6.18. The molecule has 0 unspecified atom stereocenters. The van der Waals surface area contributed by atoms with Crippen LogP contribution in [0.2, 0.25) is 0 Å². The number of carbonyl (C=O) groups is 1. The molecular formula is C6H12ClN3O2. The predicted molar refractivity (Wildman–Crippen MR) is 45.2 cm³/mol. The predicted octanol–water partition coefficient (Wildman–Crippen LogP) is 1.68. The zero-order chi connectivity index (χ0) is 9.40. The van der Waals surface area contributed by atoms with Crippen LogP contribution < -0.4 is 0 Å². The summed E-state index contributed by atoms with van der Waals surface area (Å²) >= 11 is 5.34. The van der Waals surface area contributed by atoms with E-state index in [1.54, 1.807) is 6.92 Å². The van der Waals surface area contributed by atoms with Gasteiger partial charge in [-0.15, -0.1) is 11.6 Å². The molecule has 0 N–H and O–H groups in total. The molecule has 0 fully saturated rings. The second-order valence-corrected chi connectivity index (χ2v) is 2.24. The van der Waals surface area contributed by atoms with E-state index in [1.165, 1.54) is 7.05 Å². The minimum atomic E-state index is -0.518. The summed E-state index contributed by atoms with van der Waals surface area (Å²) in [7, 11) is 1.47. The molecule has 0 aliphatic rings. The van der Waals surface area contributed by atoms with E-state index >= 15 is 0 Å². The quantitative estimate of drug-likeness (QED) is 0.388. The molecule has 6 heteroatoms. The van der Waals surface area contributed by atoms with Crippen molar-refractivity contribution in [3.8, 4) is 0 Å². The van der Waals surface area contributed by atoms with Crippen molar-refractivity contribution in [3.05, 3.63) is 0 Å². The van der Waals surface area contributed by atoms with Gasteiger partial charge in [-0.2, -0.15) is 10.1 Å². The minimum absolute atomic E-state index is 0.328. The monoisotopic (exact) mass is 193 g/mol. The van der Waals surface area contributed by atoms with Crippen molar-refractivity contribution in [2.24, 2.45) is 10.3 Å². The summed E-state index contributed by atoms with van der Waals surface area (Å²) in [6.07, 6.45) is -0.518. The highest BCUT2D eigenvalue weighted by Crippen LogP contribution is 1.91. The molecule has 70 valence electrons. The zero-order valence-electron chi connectivity index (χ0n) is 7.16. The van der Waals surface area contributed by atoms with Crippen molar-refractivity contribution in [1.29, 1.82) is 0 Å². The van der Waals surface area contributed by atoms with Gasteiger partial charge >= 0.3 is 6.09 Å². The van der Waals surface area contributed by atoms with Crippen LogP contribution in [0.3, 0.4) is 0 Å². The van der Waals surface area contributed by atoms with Gasteiger partial charge in [-0.1, -0.05) is 5.22 Å². The average Bonchev–Trinajstić information content (AvgIpc) is 2.05. The molecule has 0 aromatic carbocycles. The van der Waals surface area contributed by atoms with E-state index in [4.69, 9.17) is 11.6 Å². The molecule has 0 saturated heterocycles. The lowest BCUT2D eigenvalue weighted by atomic mass is 10.8. The maximum Gasteiger partial charge on any atom is 0.431 e. The van der Waals surface area contributed by atoms with Crippen LogP contribution in [-0.4, -0.2) is 37.2 Å². The first-order chi connectivity index (χ1) is 5.72. The third-order valence-electron chi connectivity index (χ3n) is 0.914. The Morgan fingerprint density at radius 1 is 1.67 bits per heavy atom. The minimum Gasteiger partial charge on any atom is -0.448 e. The Labute approximate surface area is 76.3 Å². The Morgan fingerprint density at radius 3 is 2.83 bits per heavy atom. The van der Waals surface area contributed by atoms with Crippen molar-refractivity contribution in [1.82, 2.24) is 5.01 Å². The average molecular weight is 194 g/mol. The van der Waals surface area contributed by atoms with Gasteiger partial charge in [0.25, 0.3) is 0 Å². The molecule has 12 heavy (non-hydrogen) atoms. The maximum atomic E-state index is 10.9. The fourth-order valence-electron chi connectivity index (χ4n) is 0.431. The summed E-state index contributed by atoms with van der Waals surface area (Å²) in [5, 5.41) is 8.17. The molecule has 0 spiro atoms. The van der Waals surface area contributed by atoms with Crippen LogP contribution in [0, 0.1) is 0 Å². The molecule has 0 aromatic rings. The SMILES string of the molecule is CCOC(=O)N(C)N=NCCCl. The fraction of sp³-hybridized carbons (Fsp3) is 0.833. The molecule has 0 bridgehead atoms. The molecule has 0 atom stereocenters. The van der Waals surface area contributed by atoms with Crippen LogP contribution in [0.4, 0.5) is 4.79 Å². The maximum absolute atomic E-state index is 10.9. The zero-order valence-corrected chi connectivity index (χ0v) is 7.91. The summed E-state index contributed by atoms with van der Waals surface area (Å²) in [6.45, 7) is 2.45. The van der Waals surface area contributed by atoms with Crippen molar-refractivity contribution in [2.75, 3.05) is 26.1 Å². The van der Waals surface area contributed by atoms with Crippen LogP contribution in [0.25, 0.3) is 0 Å². The molecule has 5 nitrogen and oxygen atoms in total. The van der Waals surface area contributed by atoms with E-state index in [9.17, 15) is 4.79 Å². The van der Waals surface area contributed by atoms with Gasteiger partial charge in [0.1, 0.15) is 0 Å². The van der Waals surface area contributed by atoms with Gasteiger partial charge < -0.3 is 4.74 Å². The Kier molecular flexibility index (Phi) is 6.37. The van der Waals surface area contributed by atoms with Gasteiger partial charge in [0.2, 0.25) is 0 Å². The molecule has 0 aliphatic carbocycles. The van der Waals surface area contributed by atoms with Gasteiger partial charge in [-0.05, 0) is 6.92 Å². The Bertz CT molecular complexity index is 163. The molecule has 0 radical (unpaired) electrons. The number of hydrogen-bond acceptors (Lipinski definition) is 4. The van der Waals surface area contributed by atoms with Gasteiger partial charge in [-0.3, -0.25) is 0 Å². The second kappa shape index (κ2) is 6.84. The topological polar surface area (TPSA) is 54.3 Å². The van der Waals surface area contributed by atoms with Crippen LogP contribution in [0.1, 0.15) is 6.92 Å². The number of hydrogen-bond donors (Lipinski definition) is 0. The molecule has 0 aliphatic heterocycles. The van der Waals surface area contributed by atoms with E-state index < -0.39 is 6.09 Å². The number of rotatable bonds is 4. The van der Waals surface area contributed by atoms with Crippen LogP contribution >= 0.6 is 11.6 Å². The highest BCUT2D eigenvalue weighted by atomic mass is 35.5. The van der Waals surface area contributed by atoms with Crippen LogP contribution in [-0.2, 0) is 4.74 Å². The van der Waals surface area contributed by atoms with E-state index in [0.29, 0.717) is 19.0 Å². The molecule has 0 aromatic heterocycles.